The minimum atomic E-state index is 0.627. The molecule has 0 aliphatic heterocycles. The van der Waals surface area contributed by atoms with E-state index in [0.29, 0.717) is 19.1 Å². The van der Waals surface area contributed by atoms with E-state index in [1.165, 1.54) is 5.56 Å². The number of hydrogen-bond acceptors (Lipinski definition) is 3. The van der Waals surface area contributed by atoms with Crippen molar-refractivity contribution >= 4 is 5.96 Å². The summed E-state index contributed by atoms with van der Waals surface area (Å²) < 4.78 is 4.95. The van der Waals surface area contributed by atoms with Crippen molar-refractivity contribution in [2.45, 2.75) is 12.8 Å². The third-order valence-corrected chi connectivity index (χ3v) is 2.46. The van der Waals surface area contributed by atoms with E-state index in [-0.39, 0.29) is 0 Å². The lowest BCUT2D eigenvalue weighted by molar-refractivity contribution is 0.197. The minimum absolute atomic E-state index is 0.627. The largest absolute Gasteiger partial charge is 0.385 e. The zero-order valence-electron chi connectivity index (χ0n) is 10.9. The highest BCUT2D eigenvalue weighted by Crippen LogP contribution is 1.97. The Hall–Kier alpha value is -1.59. The van der Waals surface area contributed by atoms with Crippen molar-refractivity contribution in [1.29, 1.82) is 0 Å². The van der Waals surface area contributed by atoms with Gasteiger partial charge in [0.05, 0.1) is 0 Å². The van der Waals surface area contributed by atoms with Crippen molar-refractivity contribution in [2.24, 2.45) is 10.8 Å². The Kier molecular flexibility index (Phi) is 7.59. The Morgan fingerprint density at radius 2 is 2.11 bits per heavy atom. The second-order valence-electron chi connectivity index (χ2n) is 3.88. The fraction of sp³-hybridized carbons (Fsp3) is 0.462. The second-order valence-corrected chi connectivity index (χ2v) is 3.88. The van der Waals surface area contributed by atoms with Gasteiger partial charge in [0.15, 0.2) is 0 Å². The maximum absolute atomic E-state index is 5.39. The molecule has 0 fully saturated rings. The summed E-state index contributed by atoms with van der Waals surface area (Å²) in [7, 11) is 1.68. The molecule has 0 saturated carbocycles. The molecule has 1 rings (SSSR count). The molecule has 0 aliphatic rings. The van der Waals surface area contributed by atoms with Gasteiger partial charge in [0, 0.05) is 26.8 Å². The zero-order chi connectivity index (χ0) is 13.1. The van der Waals surface area contributed by atoms with Gasteiger partial charge in [-0.2, -0.15) is 0 Å². The number of nitrogens with two attached hydrogens (primary N) is 1. The van der Waals surface area contributed by atoms with Gasteiger partial charge in [-0.05, 0) is 18.4 Å². The van der Waals surface area contributed by atoms with Gasteiger partial charge in [0.25, 0.3) is 0 Å². The van der Waals surface area contributed by atoms with Crippen LogP contribution in [-0.2, 0) is 11.2 Å². The summed E-state index contributed by atoms with van der Waals surface area (Å²) in [6.07, 6.45) is 1.83. The van der Waals surface area contributed by atoms with E-state index in [4.69, 9.17) is 10.6 Å². The van der Waals surface area contributed by atoms with E-state index >= 15 is 0 Å². The number of hydrazine groups is 1. The van der Waals surface area contributed by atoms with Crippen LogP contribution < -0.4 is 16.6 Å². The number of nitrogens with zero attached hydrogens (tertiary/aromatic N) is 1. The Morgan fingerprint density at radius 3 is 2.78 bits per heavy atom. The standard InChI is InChI=1S/C13H22N4O/c1-18-11-5-9-15-13(17-14)16-10-8-12-6-3-2-4-7-12/h2-4,6-7H,5,8-11,14H2,1H3,(H2,15,16,17). The number of guanidine groups is 1. The summed E-state index contributed by atoms with van der Waals surface area (Å²) in [6, 6.07) is 10.3. The van der Waals surface area contributed by atoms with Crippen molar-refractivity contribution in [3.8, 4) is 0 Å². The number of benzene rings is 1. The Bertz CT molecular complexity index is 340. The maximum atomic E-state index is 5.39. The third kappa shape index (κ3) is 6.22. The van der Waals surface area contributed by atoms with Crippen LogP contribution in [0.5, 0.6) is 0 Å². The summed E-state index contributed by atoms with van der Waals surface area (Å²) in [6.45, 7) is 2.22. The summed E-state index contributed by atoms with van der Waals surface area (Å²) >= 11 is 0. The van der Waals surface area contributed by atoms with Crippen LogP contribution in [0, 0.1) is 0 Å². The van der Waals surface area contributed by atoms with E-state index in [2.05, 4.69) is 27.9 Å². The van der Waals surface area contributed by atoms with Gasteiger partial charge < -0.3 is 10.1 Å². The number of nitrogens with one attached hydrogen (secondary N) is 2. The highest BCUT2D eigenvalue weighted by molar-refractivity contribution is 5.79. The van der Waals surface area contributed by atoms with Crippen molar-refractivity contribution < 1.29 is 4.74 Å². The van der Waals surface area contributed by atoms with E-state index in [0.717, 1.165) is 19.4 Å². The number of rotatable bonds is 7. The first-order chi connectivity index (χ1) is 8.86. The lowest BCUT2D eigenvalue weighted by Gasteiger charge is -2.09. The van der Waals surface area contributed by atoms with E-state index < -0.39 is 0 Å². The predicted octanol–water partition coefficient (Wildman–Crippen LogP) is 0.675. The molecule has 0 amide bonds. The van der Waals surface area contributed by atoms with Crippen LogP contribution in [-0.4, -0.2) is 32.8 Å². The van der Waals surface area contributed by atoms with Crippen LogP contribution in [0.2, 0.25) is 0 Å². The molecular formula is C13H22N4O. The van der Waals surface area contributed by atoms with Crippen LogP contribution >= 0.6 is 0 Å². The van der Waals surface area contributed by atoms with Gasteiger partial charge in [0.1, 0.15) is 0 Å². The highest BCUT2D eigenvalue weighted by atomic mass is 16.5. The molecule has 18 heavy (non-hydrogen) atoms. The maximum Gasteiger partial charge on any atom is 0.205 e. The topological polar surface area (TPSA) is 71.7 Å². The monoisotopic (exact) mass is 250 g/mol. The molecule has 100 valence electrons. The predicted molar refractivity (Wildman–Crippen MR) is 74.3 cm³/mol. The van der Waals surface area contributed by atoms with E-state index in [1.54, 1.807) is 7.11 Å². The van der Waals surface area contributed by atoms with Gasteiger partial charge in [-0.15, -0.1) is 0 Å². The molecule has 4 N–H and O–H groups in total. The average Bonchev–Trinajstić information content (AvgIpc) is 2.42. The molecule has 0 heterocycles. The first-order valence-electron chi connectivity index (χ1n) is 6.14. The summed E-state index contributed by atoms with van der Waals surface area (Å²) in [5, 5.41) is 3.17. The molecule has 1 aromatic carbocycles. The quantitative estimate of drug-likeness (QED) is 0.219. The minimum Gasteiger partial charge on any atom is -0.385 e. The van der Waals surface area contributed by atoms with Crippen LogP contribution in [0.25, 0.3) is 0 Å². The Labute approximate surface area is 108 Å². The summed E-state index contributed by atoms with van der Waals surface area (Å²) in [4.78, 5) is 4.30. The lowest BCUT2D eigenvalue weighted by Crippen LogP contribution is -2.42. The molecule has 0 saturated heterocycles. The zero-order valence-corrected chi connectivity index (χ0v) is 10.9. The summed E-state index contributed by atoms with van der Waals surface area (Å²) in [5.41, 5.74) is 3.86. The van der Waals surface area contributed by atoms with Gasteiger partial charge >= 0.3 is 0 Å². The molecule has 0 radical (unpaired) electrons. The molecule has 5 heteroatoms. The molecule has 0 spiro atoms. The second kappa shape index (κ2) is 9.44. The number of ether oxygens (including phenoxy) is 1. The van der Waals surface area contributed by atoms with Crippen LogP contribution in [0.1, 0.15) is 12.0 Å². The van der Waals surface area contributed by atoms with Crippen molar-refractivity contribution in [3.63, 3.8) is 0 Å². The van der Waals surface area contributed by atoms with Crippen LogP contribution in [0.15, 0.2) is 35.3 Å². The molecule has 0 aromatic heterocycles. The Morgan fingerprint density at radius 1 is 1.33 bits per heavy atom. The molecule has 0 unspecified atom stereocenters. The first kappa shape index (κ1) is 14.5. The van der Waals surface area contributed by atoms with Crippen LogP contribution in [0.4, 0.5) is 0 Å². The van der Waals surface area contributed by atoms with Crippen molar-refractivity contribution in [3.05, 3.63) is 35.9 Å². The molecule has 0 bridgehead atoms. The normalized spacial score (nSPS) is 11.3. The lowest BCUT2D eigenvalue weighted by atomic mass is 10.1. The molecule has 0 aliphatic carbocycles. The first-order valence-corrected chi connectivity index (χ1v) is 6.14. The third-order valence-electron chi connectivity index (χ3n) is 2.46. The highest BCUT2D eigenvalue weighted by Gasteiger charge is 1.96. The average molecular weight is 250 g/mol. The fourth-order valence-corrected chi connectivity index (χ4v) is 1.52. The van der Waals surface area contributed by atoms with Crippen LogP contribution in [0.3, 0.4) is 0 Å². The molecule has 0 atom stereocenters. The SMILES string of the molecule is COCCCN=C(NN)NCCc1ccccc1. The number of aliphatic imine (C=N–C) groups is 1. The van der Waals surface area contributed by atoms with E-state index in [1.807, 2.05) is 18.2 Å². The van der Waals surface area contributed by atoms with Gasteiger partial charge in [0.2, 0.25) is 5.96 Å². The summed E-state index contributed by atoms with van der Waals surface area (Å²) in [5.74, 6) is 6.02. The van der Waals surface area contributed by atoms with Gasteiger partial charge in [-0.25, -0.2) is 5.84 Å². The molecule has 1 aromatic rings. The van der Waals surface area contributed by atoms with E-state index in [9.17, 15) is 0 Å². The van der Waals surface area contributed by atoms with Gasteiger partial charge in [-0.3, -0.25) is 10.4 Å². The van der Waals surface area contributed by atoms with Crippen molar-refractivity contribution in [1.82, 2.24) is 10.7 Å². The number of methoxy groups -OCH3 is 1. The Balaban J connectivity index is 2.22. The smallest absolute Gasteiger partial charge is 0.205 e. The van der Waals surface area contributed by atoms with Crippen molar-refractivity contribution in [2.75, 3.05) is 26.8 Å². The molecular weight excluding hydrogens is 228 g/mol. The fourth-order valence-electron chi connectivity index (χ4n) is 1.52. The number of hydrogen-bond donors (Lipinski definition) is 3. The molecule has 5 nitrogen and oxygen atoms in total. The van der Waals surface area contributed by atoms with Gasteiger partial charge in [-0.1, -0.05) is 30.3 Å².